The molecule has 0 aromatic carbocycles. The van der Waals surface area contributed by atoms with Gasteiger partial charge in [-0.3, -0.25) is 4.79 Å². The van der Waals surface area contributed by atoms with Crippen LogP contribution >= 0.6 is 0 Å². The standard InChI is InChI=1S/C22H36N2O4/c1-20(2,12-23)13-24-19(25)9-14-4-3-5-21(11-14)26-22(28-27-21)17-7-15-6-16(10-17)18(22)8-15/h14-18H,3-13,23H2,1-2H3,(H,24,25)/t14-,15?,16?,17?,18?,21+,22+/m0/s1. The predicted molar refractivity (Wildman–Crippen MR) is 104 cm³/mol. The highest BCUT2D eigenvalue weighted by Crippen LogP contribution is 2.67. The molecule has 6 nitrogen and oxygen atoms in total. The summed E-state index contributed by atoms with van der Waals surface area (Å²) in [6, 6.07) is 0. The lowest BCUT2D eigenvalue weighted by molar-refractivity contribution is -0.371. The van der Waals surface area contributed by atoms with Gasteiger partial charge in [0.2, 0.25) is 17.5 Å². The molecular weight excluding hydrogens is 356 g/mol. The minimum atomic E-state index is -0.637. The highest BCUT2D eigenvalue weighted by molar-refractivity contribution is 5.76. The molecule has 7 atom stereocenters. The van der Waals surface area contributed by atoms with Crippen LogP contribution in [0.25, 0.3) is 0 Å². The zero-order valence-electron chi connectivity index (χ0n) is 17.4. The van der Waals surface area contributed by atoms with Crippen LogP contribution in [0, 0.1) is 35.0 Å². The average molecular weight is 393 g/mol. The lowest BCUT2D eigenvalue weighted by atomic mass is 9.77. The summed E-state index contributed by atoms with van der Waals surface area (Å²) >= 11 is 0. The van der Waals surface area contributed by atoms with Crippen molar-refractivity contribution in [2.45, 2.75) is 83.2 Å². The first-order valence-corrected chi connectivity index (χ1v) is 11.4. The van der Waals surface area contributed by atoms with Crippen molar-refractivity contribution in [3.8, 4) is 0 Å². The topological polar surface area (TPSA) is 82.8 Å². The van der Waals surface area contributed by atoms with Crippen molar-refractivity contribution in [1.29, 1.82) is 0 Å². The lowest BCUT2D eigenvalue weighted by Crippen LogP contribution is -2.48. The third-order valence-corrected chi connectivity index (χ3v) is 8.31. The molecule has 5 saturated carbocycles. The van der Waals surface area contributed by atoms with Gasteiger partial charge in [0, 0.05) is 37.6 Å². The second-order valence-corrected chi connectivity index (χ2v) is 11.1. The van der Waals surface area contributed by atoms with Crippen molar-refractivity contribution >= 4 is 5.91 Å². The number of nitrogens with two attached hydrogens (primary N) is 1. The maximum absolute atomic E-state index is 12.5. The number of amides is 1. The minimum absolute atomic E-state index is 0.0672. The fourth-order valence-electron chi connectivity index (χ4n) is 6.83. The average Bonchev–Trinajstić information content (AvgIpc) is 3.23. The van der Waals surface area contributed by atoms with Crippen molar-refractivity contribution in [3.63, 3.8) is 0 Å². The van der Waals surface area contributed by atoms with Gasteiger partial charge in [-0.05, 0) is 68.2 Å². The van der Waals surface area contributed by atoms with E-state index in [4.69, 9.17) is 20.2 Å². The van der Waals surface area contributed by atoms with E-state index in [1.165, 1.54) is 25.7 Å². The summed E-state index contributed by atoms with van der Waals surface area (Å²) in [7, 11) is 0. The number of hydrogen-bond donors (Lipinski definition) is 2. The first kappa shape index (κ1) is 19.3. The third-order valence-electron chi connectivity index (χ3n) is 8.31. The van der Waals surface area contributed by atoms with Crippen molar-refractivity contribution < 1.29 is 19.3 Å². The van der Waals surface area contributed by atoms with E-state index in [0.29, 0.717) is 31.3 Å². The molecule has 1 heterocycles. The number of carbonyl (C=O) groups excluding carboxylic acids is 1. The summed E-state index contributed by atoms with van der Waals surface area (Å²) in [5.41, 5.74) is 5.70. The Morgan fingerprint density at radius 1 is 1.21 bits per heavy atom. The molecule has 0 radical (unpaired) electrons. The molecular formula is C22H36N2O4. The molecule has 2 spiro atoms. The van der Waals surface area contributed by atoms with E-state index in [1.54, 1.807) is 0 Å². The summed E-state index contributed by atoms with van der Waals surface area (Å²) in [5, 5.41) is 3.06. The first-order chi connectivity index (χ1) is 13.3. The smallest absolute Gasteiger partial charge is 0.220 e. The maximum Gasteiger partial charge on any atom is 0.220 e. The van der Waals surface area contributed by atoms with Crippen LogP contribution in [0.5, 0.6) is 0 Å². The van der Waals surface area contributed by atoms with Gasteiger partial charge in [-0.2, -0.15) is 9.78 Å². The molecule has 5 aliphatic carbocycles. The second kappa shape index (κ2) is 6.66. The zero-order chi connectivity index (χ0) is 19.6. The van der Waals surface area contributed by atoms with E-state index in [9.17, 15) is 4.79 Å². The van der Waals surface area contributed by atoms with E-state index >= 15 is 0 Å². The SMILES string of the molecule is CC(C)(CN)CNC(=O)C[C@@H]1CCC[C@]2(C1)OO[C@]1(O2)C2CC3CC(C2)C1C3. The van der Waals surface area contributed by atoms with Crippen molar-refractivity contribution in [2.24, 2.45) is 40.7 Å². The molecule has 6 aliphatic rings. The van der Waals surface area contributed by atoms with Crippen molar-refractivity contribution in [2.75, 3.05) is 13.1 Å². The molecule has 28 heavy (non-hydrogen) atoms. The van der Waals surface area contributed by atoms with Crippen molar-refractivity contribution in [3.05, 3.63) is 0 Å². The Bertz CT molecular complexity index is 636. The van der Waals surface area contributed by atoms with E-state index in [0.717, 1.165) is 37.5 Å². The fraction of sp³-hybridized carbons (Fsp3) is 0.955. The first-order valence-electron chi connectivity index (χ1n) is 11.4. The summed E-state index contributed by atoms with van der Waals surface area (Å²) in [4.78, 5) is 24.5. The van der Waals surface area contributed by atoms with Gasteiger partial charge in [-0.25, -0.2) is 0 Å². The Morgan fingerprint density at radius 2 is 2.07 bits per heavy atom. The Labute approximate surface area is 168 Å². The zero-order valence-corrected chi connectivity index (χ0v) is 17.4. The van der Waals surface area contributed by atoms with Gasteiger partial charge in [0.1, 0.15) is 0 Å². The van der Waals surface area contributed by atoms with Gasteiger partial charge in [0.15, 0.2) is 0 Å². The summed E-state index contributed by atoms with van der Waals surface area (Å²) in [6.45, 7) is 5.32. The third kappa shape index (κ3) is 3.11. The number of ether oxygens (including phenoxy) is 1. The van der Waals surface area contributed by atoms with Crippen LogP contribution in [0.3, 0.4) is 0 Å². The van der Waals surface area contributed by atoms with Gasteiger partial charge in [0.05, 0.1) is 0 Å². The highest BCUT2D eigenvalue weighted by Gasteiger charge is 2.70. The van der Waals surface area contributed by atoms with Crippen LogP contribution in [0.1, 0.15) is 71.6 Å². The van der Waals surface area contributed by atoms with Crippen LogP contribution in [0.2, 0.25) is 0 Å². The lowest BCUT2D eigenvalue weighted by Gasteiger charge is -2.40. The van der Waals surface area contributed by atoms with Gasteiger partial charge in [-0.1, -0.05) is 13.8 Å². The van der Waals surface area contributed by atoms with Crippen LogP contribution in [-0.2, 0) is 19.3 Å². The summed E-state index contributed by atoms with van der Waals surface area (Å²) in [6.07, 6.45) is 9.29. The van der Waals surface area contributed by atoms with E-state index in [-0.39, 0.29) is 17.2 Å². The molecule has 0 aromatic rings. The van der Waals surface area contributed by atoms with Crippen molar-refractivity contribution in [1.82, 2.24) is 5.32 Å². The maximum atomic E-state index is 12.5. The van der Waals surface area contributed by atoms with Gasteiger partial charge in [0.25, 0.3) is 0 Å². The highest BCUT2D eigenvalue weighted by atomic mass is 17.3. The number of hydrogen-bond acceptors (Lipinski definition) is 5. The second-order valence-electron chi connectivity index (χ2n) is 11.1. The Hall–Kier alpha value is -0.690. The van der Waals surface area contributed by atoms with Gasteiger partial charge in [-0.15, -0.1) is 0 Å². The predicted octanol–water partition coefficient (Wildman–Crippen LogP) is 3.10. The fourth-order valence-corrected chi connectivity index (χ4v) is 6.83. The molecule has 1 saturated heterocycles. The molecule has 158 valence electrons. The molecule has 1 aliphatic heterocycles. The molecule has 3 N–H and O–H groups in total. The van der Waals surface area contributed by atoms with Crippen LogP contribution in [0.15, 0.2) is 0 Å². The van der Waals surface area contributed by atoms with Crippen LogP contribution in [-0.4, -0.2) is 30.6 Å². The molecule has 6 fully saturated rings. The van der Waals surface area contributed by atoms with Crippen LogP contribution < -0.4 is 11.1 Å². The molecule has 4 bridgehead atoms. The molecule has 4 unspecified atom stereocenters. The minimum Gasteiger partial charge on any atom is -0.356 e. The van der Waals surface area contributed by atoms with E-state index in [2.05, 4.69) is 19.2 Å². The Balaban J connectivity index is 1.20. The summed E-state index contributed by atoms with van der Waals surface area (Å²) < 4.78 is 6.75. The molecule has 1 amide bonds. The molecule has 0 aromatic heterocycles. The van der Waals surface area contributed by atoms with E-state index < -0.39 is 11.6 Å². The molecule has 6 rings (SSSR count). The van der Waals surface area contributed by atoms with Crippen LogP contribution in [0.4, 0.5) is 0 Å². The van der Waals surface area contributed by atoms with Gasteiger partial charge < -0.3 is 15.8 Å². The quantitative estimate of drug-likeness (QED) is 0.703. The normalized spacial score (nSPS) is 46.8. The van der Waals surface area contributed by atoms with Gasteiger partial charge >= 0.3 is 0 Å². The largest absolute Gasteiger partial charge is 0.356 e. The summed E-state index contributed by atoms with van der Waals surface area (Å²) in [5.74, 6) is 1.91. The Kier molecular flexibility index (Phi) is 4.59. The monoisotopic (exact) mass is 392 g/mol. The van der Waals surface area contributed by atoms with E-state index in [1.807, 2.05) is 0 Å². The number of rotatable bonds is 5. The number of carbonyl (C=O) groups is 1. The Morgan fingerprint density at radius 3 is 2.86 bits per heavy atom. The molecule has 6 heteroatoms. The number of nitrogens with one attached hydrogen (secondary N) is 1.